The number of ether oxygens (including phenoxy) is 1. The molecule has 1 rings (SSSR count). The summed E-state index contributed by atoms with van der Waals surface area (Å²) in [6.45, 7) is 3.08. The highest BCUT2D eigenvalue weighted by atomic mass is 16.6. The lowest BCUT2D eigenvalue weighted by atomic mass is 9.84. The van der Waals surface area contributed by atoms with Crippen molar-refractivity contribution in [2.24, 2.45) is 0 Å². The van der Waals surface area contributed by atoms with E-state index in [1.165, 1.54) is 0 Å². The van der Waals surface area contributed by atoms with Gasteiger partial charge >= 0.3 is 0 Å². The van der Waals surface area contributed by atoms with Crippen LogP contribution in [0.2, 0.25) is 0 Å². The number of hydrogen-bond donors (Lipinski definition) is 4. The van der Waals surface area contributed by atoms with Gasteiger partial charge in [-0.15, -0.1) is 0 Å². The van der Waals surface area contributed by atoms with Gasteiger partial charge in [0.2, 0.25) is 0 Å². The first-order valence-electron chi connectivity index (χ1n) is 4.79. The minimum atomic E-state index is -1.27. The topological polar surface area (TPSA) is 90.2 Å². The van der Waals surface area contributed by atoms with Crippen LogP contribution in [0.5, 0.6) is 0 Å². The number of aliphatic hydroxyl groups is 4. The zero-order chi connectivity index (χ0) is 10.9. The van der Waals surface area contributed by atoms with Gasteiger partial charge in [-0.25, -0.2) is 0 Å². The molecule has 1 fully saturated rings. The van der Waals surface area contributed by atoms with Crippen LogP contribution in [-0.2, 0) is 4.74 Å². The summed E-state index contributed by atoms with van der Waals surface area (Å²) >= 11 is 0. The van der Waals surface area contributed by atoms with E-state index in [0.29, 0.717) is 6.42 Å². The average molecular weight is 206 g/mol. The van der Waals surface area contributed by atoms with Crippen molar-refractivity contribution in [3.63, 3.8) is 0 Å². The van der Waals surface area contributed by atoms with Crippen LogP contribution >= 0.6 is 0 Å². The van der Waals surface area contributed by atoms with Crippen LogP contribution in [0.1, 0.15) is 20.3 Å². The Morgan fingerprint density at radius 1 is 1.21 bits per heavy atom. The molecule has 5 nitrogen and oxygen atoms in total. The first-order chi connectivity index (χ1) is 6.46. The smallest absolute Gasteiger partial charge is 0.111 e. The average Bonchev–Trinajstić information content (AvgIpc) is 2.20. The van der Waals surface area contributed by atoms with E-state index in [-0.39, 0.29) is 6.61 Å². The molecule has 0 bridgehead atoms. The molecule has 4 N–H and O–H groups in total. The molecule has 0 aromatic heterocycles. The van der Waals surface area contributed by atoms with Crippen LogP contribution in [0.15, 0.2) is 0 Å². The largest absolute Gasteiger partial charge is 0.394 e. The first kappa shape index (κ1) is 11.9. The molecule has 0 saturated carbocycles. The molecule has 0 aromatic rings. The normalized spacial score (nSPS) is 49.3. The van der Waals surface area contributed by atoms with Crippen molar-refractivity contribution in [3.05, 3.63) is 0 Å². The van der Waals surface area contributed by atoms with Gasteiger partial charge in [-0.3, -0.25) is 0 Å². The van der Waals surface area contributed by atoms with Gasteiger partial charge in [0.25, 0.3) is 0 Å². The molecule has 14 heavy (non-hydrogen) atoms. The van der Waals surface area contributed by atoms with Crippen LogP contribution in [-0.4, -0.2) is 57.0 Å². The van der Waals surface area contributed by atoms with Crippen molar-refractivity contribution in [3.8, 4) is 0 Å². The van der Waals surface area contributed by atoms with Gasteiger partial charge in [0, 0.05) is 0 Å². The quantitative estimate of drug-likeness (QED) is 0.447. The SMILES string of the molecule is CCC1(C)OC(CO)C(O)C(O)C1O. The van der Waals surface area contributed by atoms with E-state index in [2.05, 4.69) is 0 Å². The first-order valence-corrected chi connectivity index (χ1v) is 4.79. The molecule has 0 spiro atoms. The maximum Gasteiger partial charge on any atom is 0.111 e. The van der Waals surface area contributed by atoms with Gasteiger partial charge in [0.05, 0.1) is 12.2 Å². The number of hydrogen-bond acceptors (Lipinski definition) is 5. The second-order valence-electron chi connectivity index (χ2n) is 3.93. The minimum Gasteiger partial charge on any atom is -0.394 e. The van der Waals surface area contributed by atoms with E-state index in [9.17, 15) is 15.3 Å². The Morgan fingerprint density at radius 2 is 1.79 bits per heavy atom. The van der Waals surface area contributed by atoms with Crippen LogP contribution in [0.4, 0.5) is 0 Å². The van der Waals surface area contributed by atoms with Crippen molar-refractivity contribution in [2.75, 3.05) is 6.61 Å². The molecule has 1 aliphatic rings. The third kappa shape index (κ3) is 1.78. The van der Waals surface area contributed by atoms with E-state index in [1.807, 2.05) is 6.92 Å². The Hall–Kier alpha value is -0.200. The molecule has 0 aromatic carbocycles. The fourth-order valence-electron chi connectivity index (χ4n) is 1.69. The molecule has 84 valence electrons. The Kier molecular flexibility index (Phi) is 3.49. The predicted octanol–water partition coefficient (Wildman–Crippen LogP) is -1.37. The van der Waals surface area contributed by atoms with Crippen molar-refractivity contribution < 1.29 is 25.2 Å². The van der Waals surface area contributed by atoms with Crippen molar-refractivity contribution in [2.45, 2.75) is 50.3 Å². The Morgan fingerprint density at radius 3 is 2.21 bits per heavy atom. The highest BCUT2D eigenvalue weighted by Gasteiger charge is 2.49. The van der Waals surface area contributed by atoms with Gasteiger partial charge in [0.15, 0.2) is 0 Å². The molecule has 1 saturated heterocycles. The van der Waals surface area contributed by atoms with Crippen molar-refractivity contribution >= 4 is 0 Å². The third-order valence-electron chi connectivity index (χ3n) is 2.98. The summed E-state index contributed by atoms with van der Waals surface area (Å²) in [5, 5.41) is 37.5. The fraction of sp³-hybridized carbons (Fsp3) is 1.00. The monoisotopic (exact) mass is 206 g/mol. The number of aliphatic hydroxyl groups excluding tert-OH is 4. The molecule has 5 heteroatoms. The summed E-state index contributed by atoms with van der Waals surface area (Å²) in [5.41, 5.74) is -0.911. The lowest BCUT2D eigenvalue weighted by Gasteiger charge is -2.46. The molecular formula is C9H18O5. The second-order valence-corrected chi connectivity index (χ2v) is 3.93. The summed E-state index contributed by atoms with van der Waals surface area (Å²) in [6.07, 6.45) is -3.99. The van der Waals surface area contributed by atoms with Gasteiger partial charge in [-0.1, -0.05) is 6.92 Å². The molecular weight excluding hydrogens is 188 g/mol. The zero-order valence-corrected chi connectivity index (χ0v) is 8.42. The van der Waals surface area contributed by atoms with Gasteiger partial charge < -0.3 is 25.2 Å². The molecule has 0 amide bonds. The standard InChI is InChI=1S/C9H18O5/c1-3-9(2)8(13)7(12)6(11)5(4-10)14-9/h5-8,10-13H,3-4H2,1-2H3. The van der Waals surface area contributed by atoms with Crippen molar-refractivity contribution in [1.82, 2.24) is 0 Å². The fourth-order valence-corrected chi connectivity index (χ4v) is 1.69. The molecule has 1 heterocycles. The molecule has 0 radical (unpaired) electrons. The summed E-state index contributed by atoms with van der Waals surface area (Å²) in [5.74, 6) is 0. The Balaban J connectivity index is 2.84. The Labute approximate surface area is 82.9 Å². The van der Waals surface area contributed by atoms with E-state index in [1.54, 1.807) is 6.92 Å². The third-order valence-corrected chi connectivity index (χ3v) is 2.98. The van der Waals surface area contributed by atoms with Gasteiger partial charge in [-0.05, 0) is 13.3 Å². The maximum absolute atomic E-state index is 9.66. The van der Waals surface area contributed by atoms with Crippen LogP contribution in [0.25, 0.3) is 0 Å². The lowest BCUT2D eigenvalue weighted by molar-refractivity contribution is -0.268. The second kappa shape index (κ2) is 4.12. The lowest BCUT2D eigenvalue weighted by Crippen LogP contribution is -2.63. The van der Waals surface area contributed by atoms with E-state index >= 15 is 0 Å². The van der Waals surface area contributed by atoms with Crippen molar-refractivity contribution in [1.29, 1.82) is 0 Å². The molecule has 0 aliphatic carbocycles. The molecule has 1 aliphatic heterocycles. The molecule has 5 unspecified atom stereocenters. The summed E-state index contributed by atoms with van der Waals surface area (Å²) in [4.78, 5) is 0. The van der Waals surface area contributed by atoms with Gasteiger partial charge in [-0.2, -0.15) is 0 Å². The van der Waals surface area contributed by atoms with Crippen LogP contribution in [0.3, 0.4) is 0 Å². The maximum atomic E-state index is 9.66. The predicted molar refractivity (Wildman–Crippen MR) is 48.7 cm³/mol. The van der Waals surface area contributed by atoms with Crippen LogP contribution in [0, 0.1) is 0 Å². The summed E-state index contributed by atoms with van der Waals surface area (Å²) in [6, 6.07) is 0. The van der Waals surface area contributed by atoms with E-state index < -0.39 is 30.0 Å². The highest BCUT2D eigenvalue weighted by molar-refractivity contribution is 4.98. The Bertz CT molecular complexity index is 196. The van der Waals surface area contributed by atoms with E-state index in [4.69, 9.17) is 9.84 Å². The minimum absolute atomic E-state index is 0.374. The van der Waals surface area contributed by atoms with Crippen LogP contribution < -0.4 is 0 Å². The summed E-state index contributed by atoms with van der Waals surface area (Å²) < 4.78 is 5.36. The number of rotatable bonds is 2. The molecule has 5 atom stereocenters. The van der Waals surface area contributed by atoms with E-state index in [0.717, 1.165) is 0 Å². The highest BCUT2D eigenvalue weighted by Crippen LogP contribution is 2.31. The summed E-state index contributed by atoms with van der Waals surface area (Å²) in [7, 11) is 0. The van der Waals surface area contributed by atoms with Gasteiger partial charge in [0.1, 0.15) is 24.4 Å². The zero-order valence-electron chi connectivity index (χ0n) is 8.42.